The van der Waals surface area contributed by atoms with Crippen LogP contribution in [0, 0.1) is 0 Å². The van der Waals surface area contributed by atoms with Crippen molar-refractivity contribution in [2.45, 2.75) is 0 Å². The van der Waals surface area contributed by atoms with Crippen LogP contribution in [0.15, 0.2) is 82.7 Å². The first-order chi connectivity index (χ1) is 11.8. The van der Waals surface area contributed by atoms with E-state index in [1.807, 2.05) is 54.6 Å². The number of aliphatic imine (C=N–C) groups is 1. The molecule has 3 nitrogen and oxygen atoms in total. The van der Waals surface area contributed by atoms with E-state index in [0.29, 0.717) is 10.1 Å². The van der Waals surface area contributed by atoms with Gasteiger partial charge < -0.3 is 5.32 Å². The molecule has 4 heteroatoms. The average molecular weight is 330 g/mol. The lowest BCUT2D eigenvalue weighted by atomic mass is 10.1. The van der Waals surface area contributed by atoms with Crippen LogP contribution in [0.5, 0.6) is 0 Å². The van der Waals surface area contributed by atoms with Gasteiger partial charge >= 0.3 is 0 Å². The van der Waals surface area contributed by atoms with Crippen molar-refractivity contribution in [1.29, 1.82) is 0 Å². The molecule has 116 valence electrons. The number of nitrogens with one attached hydrogen (secondary N) is 1. The molecule has 1 saturated heterocycles. The zero-order valence-corrected chi connectivity index (χ0v) is 13.6. The summed E-state index contributed by atoms with van der Waals surface area (Å²) in [5.41, 5.74) is 1.83. The maximum absolute atomic E-state index is 12.2. The Kier molecular flexibility index (Phi) is 3.89. The highest BCUT2D eigenvalue weighted by Gasteiger charge is 2.23. The lowest BCUT2D eigenvalue weighted by molar-refractivity contribution is -0.115. The lowest BCUT2D eigenvalue weighted by Gasteiger charge is -1.99. The molecule has 24 heavy (non-hydrogen) atoms. The van der Waals surface area contributed by atoms with Crippen molar-refractivity contribution < 1.29 is 4.79 Å². The predicted octanol–water partition coefficient (Wildman–Crippen LogP) is 4.73. The number of carbonyl (C=O) groups is 1. The van der Waals surface area contributed by atoms with Gasteiger partial charge in [0.15, 0.2) is 5.17 Å². The third kappa shape index (κ3) is 3.09. The maximum atomic E-state index is 12.2. The van der Waals surface area contributed by atoms with Crippen molar-refractivity contribution in [3.63, 3.8) is 0 Å². The molecule has 0 atom stereocenters. The number of carbonyl (C=O) groups excluding carboxylic acids is 1. The fourth-order valence-corrected chi connectivity index (χ4v) is 3.39. The molecule has 1 aliphatic heterocycles. The Bertz CT molecular complexity index is 977. The third-order valence-corrected chi connectivity index (χ3v) is 4.62. The minimum atomic E-state index is -0.108. The Morgan fingerprint density at radius 3 is 2.46 bits per heavy atom. The minimum Gasteiger partial charge on any atom is -0.300 e. The summed E-state index contributed by atoms with van der Waals surface area (Å²) in [6, 6.07) is 24.0. The molecule has 1 N–H and O–H groups in total. The second kappa shape index (κ2) is 6.34. The van der Waals surface area contributed by atoms with Crippen molar-refractivity contribution in [1.82, 2.24) is 5.32 Å². The molecule has 0 aromatic heterocycles. The molecule has 0 radical (unpaired) electrons. The molecule has 1 heterocycles. The molecular weight excluding hydrogens is 316 g/mol. The van der Waals surface area contributed by atoms with Gasteiger partial charge in [0, 0.05) is 0 Å². The second-order valence-electron chi connectivity index (χ2n) is 5.42. The van der Waals surface area contributed by atoms with Gasteiger partial charge in [-0.2, -0.15) is 0 Å². The fraction of sp³-hybridized carbons (Fsp3) is 0. The van der Waals surface area contributed by atoms with Crippen molar-refractivity contribution in [3.05, 3.63) is 83.3 Å². The van der Waals surface area contributed by atoms with Crippen LogP contribution in [0.25, 0.3) is 16.8 Å². The van der Waals surface area contributed by atoms with Gasteiger partial charge in [-0.05, 0) is 52.4 Å². The quantitative estimate of drug-likeness (QED) is 0.690. The molecule has 0 saturated carbocycles. The number of nitrogens with zero attached hydrogens (tertiary/aromatic N) is 1. The van der Waals surface area contributed by atoms with E-state index >= 15 is 0 Å². The Hall–Kier alpha value is -2.85. The number of thioether (sulfide) groups is 1. The van der Waals surface area contributed by atoms with E-state index in [-0.39, 0.29) is 5.91 Å². The van der Waals surface area contributed by atoms with Crippen LogP contribution in [0.4, 0.5) is 5.69 Å². The average Bonchev–Trinajstić information content (AvgIpc) is 2.95. The largest absolute Gasteiger partial charge is 0.300 e. The molecule has 1 aliphatic rings. The molecular formula is C20H14N2OS. The first-order valence-corrected chi connectivity index (χ1v) is 8.43. The zero-order valence-electron chi connectivity index (χ0n) is 12.8. The Morgan fingerprint density at radius 2 is 1.62 bits per heavy atom. The third-order valence-electron chi connectivity index (χ3n) is 3.71. The van der Waals surface area contributed by atoms with Crippen LogP contribution in [0.2, 0.25) is 0 Å². The Labute approximate surface area is 144 Å². The van der Waals surface area contributed by atoms with E-state index in [1.54, 1.807) is 0 Å². The predicted molar refractivity (Wildman–Crippen MR) is 101 cm³/mol. The topological polar surface area (TPSA) is 41.5 Å². The summed E-state index contributed by atoms with van der Waals surface area (Å²) in [4.78, 5) is 17.3. The number of amides is 1. The first kappa shape index (κ1) is 14.7. The van der Waals surface area contributed by atoms with Gasteiger partial charge in [0.1, 0.15) is 0 Å². The smallest absolute Gasteiger partial charge is 0.264 e. The van der Waals surface area contributed by atoms with Gasteiger partial charge in [0.2, 0.25) is 0 Å². The molecule has 3 aromatic carbocycles. The normalized spacial score (nSPS) is 17.6. The highest BCUT2D eigenvalue weighted by Crippen LogP contribution is 2.28. The van der Waals surface area contributed by atoms with Gasteiger partial charge in [-0.3, -0.25) is 4.79 Å². The summed E-state index contributed by atoms with van der Waals surface area (Å²) in [6.45, 7) is 0. The first-order valence-electron chi connectivity index (χ1n) is 7.61. The SMILES string of the molecule is O=C1NC(=Nc2ccccc2)S/C1=C\c1ccc2ccccc2c1. The maximum Gasteiger partial charge on any atom is 0.264 e. The van der Waals surface area contributed by atoms with Gasteiger partial charge in [-0.1, -0.05) is 54.6 Å². The van der Waals surface area contributed by atoms with Crippen LogP contribution < -0.4 is 5.32 Å². The molecule has 0 unspecified atom stereocenters. The highest BCUT2D eigenvalue weighted by atomic mass is 32.2. The number of benzene rings is 3. The van der Waals surface area contributed by atoms with Gasteiger partial charge in [0.25, 0.3) is 5.91 Å². The number of rotatable bonds is 2. The lowest BCUT2D eigenvalue weighted by Crippen LogP contribution is -2.19. The molecule has 1 fully saturated rings. The number of amidine groups is 1. The van der Waals surface area contributed by atoms with Crippen molar-refractivity contribution >= 4 is 45.4 Å². The molecule has 3 aromatic rings. The number of hydrogen-bond acceptors (Lipinski definition) is 3. The summed E-state index contributed by atoms with van der Waals surface area (Å²) in [5, 5.41) is 5.78. The minimum absolute atomic E-state index is 0.108. The molecule has 0 bridgehead atoms. The van der Waals surface area contributed by atoms with E-state index in [2.05, 4.69) is 34.6 Å². The second-order valence-corrected chi connectivity index (χ2v) is 6.45. The van der Waals surface area contributed by atoms with E-state index in [1.165, 1.54) is 17.1 Å². The van der Waals surface area contributed by atoms with E-state index < -0.39 is 0 Å². The van der Waals surface area contributed by atoms with Gasteiger partial charge in [-0.25, -0.2) is 4.99 Å². The number of para-hydroxylation sites is 1. The Morgan fingerprint density at radius 1 is 0.875 bits per heavy atom. The van der Waals surface area contributed by atoms with Crippen LogP contribution in [0.3, 0.4) is 0 Å². The summed E-state index contributed by atoms with van der Waals surface area (Å²) >= 11 is 1.36. The fourth-order valence-electron chi connectivity index (χ4n) is 2.55. The van der Waals surface area contributed by atoms with Crippen LogP contribution in [-0.4, -0.2) is 11.1 Å². The molecule has 4 rings (SSSR count). The Balaban J connectivity index is 1.62. The number of hydrogen-bond donors (Lipinski definition) is 1. The van der Waals surface area contributed by atoms with Gasteiger partial charge in [0.05, 0.1) is 10.6 Å². The van der Waals surface area contributed by atoms with Crippen molar-refractivity contribution in [3.8, 4) is 0 Å². The summed E-state index contributed by atoms with van der Waals surface area (Å²) in [5.74, 6) is -0.108. The summed E-state index contributed by atoms with van der Waals surface area (Å²) < 4.78 is 0. The number of fused-ring (bicyclic) bond motifs is 1. The highest BCUT2D eigenvalue weighted by molar-refractivity contribution is 8.18. The molecule has 1 amide bonds. The molecule has 0 spiro atoms. The van der Waals surface area contributed by atoms with Crippen molar-refractivity contribution in [2.75, 3.05) is 0 Å². The van der Waals surface area contributed by atoms with E-state index in [4.69, 9.17) is 0 Å². The monoisotopic (exact) mass is 330 g/mol. The van der Waals surface area contributed by atoms with Crippen LogP contribution in [0.1, 0.15) is 5.56 Å². The van der Waals surface area contributed by atoms with Crippen LogP contribution in [-0.2, 0) is 4.79 Å². The van der Waals surface area contributed by atoms with Crippen molar-refractivity contribution in [2.24, 2.45) is 4.99 Å². The van der Waals surface area contributed by atoms with E-state index in [9.17, 15) is 4.79 Å². The van der Waals surface area contributed by atoms with Gasteiger partial charge in [-0.15, -0.1) is 0 Å². The van der Waals surface area contributed by atoms with Crippen LogP contribution >= 0.6 is 11.8 Å². The summed E-state index contributed by atoms with van der Waals surface area (Å²) in [7, 11) is 0. The van der Waals surface area contributed by atoms with E-state index in [0.717, 1.165) is 16.6 Å². The zero-order chi connectivity index (χ0) is 16.4. The standard InChI is InChI=1S/C20H14N2OS/c23-19-18(24-20(22-19)21-17-8-2-1-3-9-17)13-14-10-11-15-6-4-5-7-16(15)12-14/h1-13H,(H,21,22,23)/b18-13-. The summed E-state index contributed by atoms with van der Waals surface area (Å²) in [6.07, 6.45) is 1.90. The molecule has 0 aliphatic carbocycles.